The number of ether oxygens (including phenoxy) is 2. The molecule has 0 heterocycles. The highest BCUT2D eigenvalue weighted by molar-refractivity contribution is 5.92. The lowest BCUT2D eigenvalue weighted by Gasteiger charge is -2.16. The fourth-order valence-electron chi connectivity index (χ4n) is 3.10. The molecular weight excluding hydrogens is 326 g/mol. The van der Waals surface area contributed by atoms with Gasteiger partial charge in [0, 0.05) is 5.69 Å². The minimum atomic E-state index is 0.288. The molecule has 0 bridgehead atoms. The van der Waals surface area contributed by atoms with Crippen molar-refractivity contribution in [3.8, 4) is 11.5 Å². The van der Waals surface area contributed by atoms with Crippen LogP contribution in [-0.2, 0) is 6.54 Å². The standard InChI is InChI=1S/C21H27N3O2/c1-15-7-10-17(11-8-15)24-21(22)23-14-16-9-12-19(25-2)20(13-16)26-18-5-3-4-6-18/h7-13,18H,3-6,14H2,1-2H3,(H3,22,23,24). The Balaban J connectivity index is 1.65. The van der Waals surface area contributed by atoms with Crippen molar-refractivity contribution in [2.24, 2.45) is 10.7 Å². The van der Waals surface area contributed by atoms with Crippen LogP contribution >= 0.6 is 0 Å². The first-order valence-electron chi connectivity index (χ1n) is 9.11. The molecule has 1 aliphatic rings. The monoisotopic (exact) mass is 353 g/mol. The van der Waals surface area contributed by atoms with Gasteiger partial charge in [-0.25, -0.2) is 4.99 Å². The molecular formula is C21H27N3O2. The summed E-state index contributed by atoms with van der Waals surface area (Å²) in [5.41, 5.74) is 9.17. The summed E-state index contributed by atoms with van der Waals surface area (Å²) < 4.78 is 11.6. The molecule has 0 spiro atoms. The molecule has 0 radical (unpaired) electrons. The van der Waals surface area contributed by atoms with Gasteiger partial charge in [0.2, 0.25) is 0 Å². The Labute approximate surface area is 155 Å². The molecule has 2 aromatic rings. The van der Waals surface area contributed by atoms with E-state index in [0.29, 0.717) is 12.5 Å². The number of aryl methyl sites for hydroxylation is 1. The van der Waals surface area contributed by atoms with E-state index < -0.39 is 0 Å². The maximum Gasteiger partial charge on any atom is 0.193 e. The van der Waals surface area contributed by atoms with Gasteiger partial charge in [-0.05, 0) is 62.4 Å². The Morgan fingerprint density at radius 2 is 1.85 bits per heavy atom. The zero-order chi connectivity index (χ0) is 18.4. The average molecular weight is 353 g/mol. The number of aliphatic imine (C=N–C) groups is 1. The number of nitrogens with two attached hydrogens (primary N) is 1. The molecule has 0 aromatic heterocycles. The number of methoxy groups -OCH3 is 1. The average Bonchev–Trinajstić information content (AvgIpc) is 3.15. The molecule has 26 heavy (non-hydrogen) atoms. The van der Waals surface area contributed by atoms with Crippen molar-refractivity contribution in [2.75, 3.05) is 12.4 Å². The van der Waals surface area contributed by atoms with Gasteiger partial charge in [-0.2, -0.15) is 0 Å². The zero-order valence-corrected chi connectivity index (χ0v) is 15.5. The Morgan fingerprint density at radius 1 is 1.12 bits per heavy atom. The minimum absolute atomic E-state index is 0.288. The molecule has 0 saturated heterocycles. The first-order valence-corrected chi connectivity index (χ1v) is 9.11. The predicted molar refractivity (Wildman–Crippen MR) is 106 cm³/mol. The number of hydrogen-bond acceptors (Lipinski definition) is 3. The summed E-state index contributed by atoms with van der Waals surface area (Å²) in [7, 11) is 1.66. The number of nitrogens with zero attached hydrogens (tertiary/aromatic N) is 1. The summed E-state index contributed by atoms with van der Waals surface area (Å²) in [6, 6.07) is 14.0. The summed E-state index contributed by atoms with van der Waals surface area (Å²) >= 11 is 0. The highest BCUT2D eigenvalue weighted by Gasteiger charge is 2.18. The SMILES string of the molecule is COc1ccc(CN=C(N)Nc2ccc(C)cc2)cc1OC1CCCC1. The third-order valence-electron chi connectivity index (χ3n) is 4.58. The van der Waals surface area contributed by atoms with E-state index in [1.165, 1.54) is 18.4 Å². The Kier molecular flexibility index (Phi) is 6.00. The fraction of sp³-hybridized carbons (Fsp3) is 0.381. The van der Waals surface area contributed by atoms with Gasteiger partial charge >= 0.3 is 0 Å². The summed E-state index contributed by atoms with van der Waals surface area (Å²) in [4.78, 5) is 4.43. The van der Waals surface area contributed by atoms with Crippen LogP contribution in [0.3, 0.4) is 0 Å². The van der Waals surface area contributed by atoms with Crippen molar-refractivity contribution >= 4 is 11.6 Å². The molecule has 3 rings (SSSR count). The number of nitrogens with one attached hydrogen (secondary N) is 1. The van der Waals surface area contributed by atoms with E-state index in [0.717, 1.165) is 35.6 Å². The van der Waals surface area contributed by atoms with E-state index >= 15 is 0 Å². The van der Waals surface area contributed by atoms with Crippen LogP contribution < -0.4 is 20.5 Å². The molecule has 3 N–H and O–H groups in total. The molecule has 0 unspecified atom stereocenters. The van der Waals surface area contributed by atoms with Gasteiger partial charge < -0.3 is 20.5 Å². The first kappa shape index (κ1) is 18.1. The second kappa shape index (κ2) is 8.61. The van der Waals surface area contributed by atoms with Gasteiger partial charge in [0.15, 0.2) is 17.5 Å². The first-order chi connectivity index (χ1) is 12.6. The molecule has 0 aliphatic heterocycles. The third kappa shape index (κ3) is 4.91. The molecule has 1 aliphatic carbocycles. The van der Waals surface area contributed by atoms with Crippen LogP contribution in [-0.4, -0.2) is 19.2 Å². The lowest BCUT2D eigenvalue weighted by atomic mass is 10.2. The number of rotatable bonds is 6. The van der Waals surface area contributed by atoms with Gasteiger partial charge in [0.05, 0.1) is 19.8 Å². The van der Waals surface area contributed by atoms with Crippen LogP contribution in [0, 0.1) is 6.92 Å². The second-order valence-corrected chi connectivity index (χ2v) is 6.70. The highest BCUT2D eigenvalue weighted by atomic mass is 16.5. The smallest absolute Gasteiger partial charge is 0.193 e. The van der Waals surface area contributed by atoms with Gasteiger partial charge in [0.1, 0.15) is 0 Å². The summed E-state index contributed by atoms with van der Waals surface area (Å²) in [6.45, 7) is 2.53. The van der Waals surface area contributed by atoms with Crippen LogP contribution in [0.25, 0.3) is 0 Å². The van der Waals surface area contributed by atoms with Crippen LogP contribution in [0.1, 0.15) is 36.8 Å². The van der Waals surface area contributed by atoms with Crippen molar-refractivity contribution < 1.29 is 9.47 Å². The van der Waals surface area contributed by atoms with Crippen molar-refractivity contribution in [1.29, 1.82) is 0 Å². The molecule has 138 valence electrons. The number of guanidine groups is 1. The molecule has 1 fully saturated rings. The van der Waals surface area contributed by atoms with Gasteiger partial charge in [0.25, 0.3) is 0 Å². The predicted octanol–water partition coefficient (Wildman–Crippen LogP) is 4.25. The van der Waals surface area contributed by atoms with Crippen LogP contribution in [0.15, 0.2) is 47.5 Å². The van der Waals surface area contributed by atoms with Gasteiger partial charge in [-0.15, -0.1) is 0 Å². The lowest BCUT2D eigenvalue weighted by molar-refractivity contribution is 0.200. The number of benzene rings is 2. The summed E-state index contributed by atoms with van der Waals surface area (Å²) in [6.07, 6.45) is 4.98. The summed E-state index contributed by atoms with van der Waals surface area (Å²) in [5.74, 6) is 1.94. The van der Waals surface area contributed by atoms with E-state index in [1.54, 1.807) is 7.11 Å². The molecule has 1 saturated carbocycles. The maximum absolute atomic E-state index is 6.13. The zero-order valence-electron chi connectivity index (χ0n) is 15.5. The van der Waals surface area contributed by atoms with Crippen molar-refractivity contribution in [2.45, 2.75) is 45.3 Å². The molecule has 5 nitrogen and oxygen atoms in total. The highest BCUT2D eigenvalue weighted by Crippen LogP contribution is 2.32. The normalized spacial score (nSPS) is 15.1. The molecule has 0 amide bonds. The maximum atomic E-state index is 6.13. The Bertz CT molecular complexity index is 750. The quantitative estimate of drug-likeness (QED) is 0.602. The van der Waals surface area contributed by atoms with E-state index in [4.69, 9.17) is 15.2 Å². The van der Waals surface area contributed by atoms with E-state index in [9.17, 15) is 0 Å². The Morgan fingerprint density at radius 3 is 2.54 bits per heavy atom. The largest absolute Gasteiger partial charge is 0.493 e. The van der Waals surface area contributed by atoms with Crippen LogP contribution in [0.2, 0.25) is 0 Å². The van der Waals surface area contributed by atoms with Crippen molar-refractivity contribution in [1.82, 2.24) is 0 Å². The van der Waals surface area contributed by atoms with E-state index in [-0.39, 0.29) is 6.10 Å². The van der Waals surface area contributed by atoms with Crippen molar-refractivity contribution in [3.05, 3.63) is 53.6 Å². The van der Waals surface area contributed by atoms with E-state index in [2.05, 4.69) is 17.2 Å². The van der Waals surface area contributed by atoms with Crippen LogP contribution in [0.5, 0.6) is 11.5 Å². The molecule has 0 atom stereocenters. The molecule has 5 heteroatoms. The second-order valence-electron chi connectivity index (χ2n) is 6.70. The van der Waals surface area contributed by atoms with Crippen LogP contribution in [0.4, 0.5) is 5.69 Å². The Hall–Kier alpha value is -2.69. The molecule has 2 aromatic carbocycles. The number of hydrogen-bond donors (Lipinski definition) is 2. The lowest BCUT2D eigenvalue weighted by Crippen LogP contribution is -2.22. The summed E-state index contributed by atoms with van der Waals surface area (Å²) in [5, 5.41) is 3.11. The number of anilines is 1. The van der Waals surface area contributed by atoms with Gasteiger partial charge in [-0.3, -0.25) is 0 Å². The third-order valence-corrected chi connectivity index (χ3v) is 4.58. The van der Waals surface area contributed by atoms with E-state index in [1.807, 2.05) is 42.5 Å². The fourth-order valence-corrected chi connectivity index (χ4v) is 3.10. The minimum Gasteiger partial charge on any atom is -0.493 e. The topological polar surface area (TPSA) is 68.9 Å². The van der Waals surface area contributed by atoms with Gasteiger partial charge in [-0.1, -0.05) is 23.8 Å². The van der Waals surface area contributed by atoms with Crippen molar-refractivity contribution in [3.63, 3.8) is 0 Å².